The number of hydrogen-bond donors (Lipinski definition) is 1. The standard InChI is InChI=1S/C10H12N2.C3H8.C2H6/c1-3-5-9-8(4-2)6-7-12-10(9)11;1-3-2;1-2/h3-7H,2H2,1H3,(H2,11,12);3H2,1-2H3;1-2H3/b5-3-;;. The molecule has 0 bridgehead atoms. The van der Waals surface area contributed by atoms with E-state index >= 15 is 0 Å². The van der Waals surface area contributed by atoms with Gasteiger partial charge in [-0.3, -0.25) is 0 Å². The van der Waals surface area contributed by atoms with Crippen molar-refractivity contribution in [2.45, 2.75) is 41.0 Å². The van der Waals surface area contributed by atoms with E-state index in [1.54, 1.807) is 12.3 Å². The molecule has 2 N–H and O–H groups in total. The van der Waals surface area contributed by atoms with Gasteiger partial charge in [-0.25, -0.2) is 4.98 Å². The second-order valence-electron chi connectivity index (χ2n) is 3.11. The first-order valence-electron chi connectivity index (χ1n) is 6.20. The van der Waals surface area contributed by atoms with E-state index in [-0.39, 0.29) is 0 Å². The predicted molar refractivity (Wildman–Crippen MR) is 80.8 cm³/mol. The third kappa shape index (κ3) is 7.34. The van der Waals surface area contributed by atoms with Gasteiger partial charge in [-0.1, -0.05) is 58.9 Å². The molecule has 0 saturated heterocycles. The average molecular weight is 234 g/mol. The molecule has 2 heteroatoms. The Kier molecular flexibility index (Phi) is 13.1. The third-order valence-corrected chi connectivity index (χ3v) is 1.61. The van der Waals surface area contributed by atoms with Crippen molar-refractivity contribution in [3.8, 4) is 0 Å². The molecule has 0 atom stereocenters. The molecule has 2 nitrogen and oxygen atoms in total. The van der Waals surface area contributed by atoms with Crippen molar-refractivity contribution in [3.63, 3.8) is 0 Å². The number of anilines is 1. The van der Waals surface area contributed by atoms with Crippen molar-refractivity contribution in [3.05, 3.63) is 36.0 Å². The summed E-state index contributed by atoms with van der Waals surface area (Å²) in [6.45, 7) is 13.9. The molecule has 96 valence electrons. The van der Waals surface area contributed by atoms with Crippen LogP contribution in [0.5, 0.6) is 0 Å². The van der Waals surface area contributed by atoms with Crippen LogP contribution in [0.4, 0.5) is 5.82 Å². The van der Waals surface area contributed by atoms with Crippen LogP contribution in [0.1, 0.15) is 52.2 Å². The summed E-state index contributed by atoms with van der Waals surface area (Å²) in [5.41, 5.74) is 7.63. The summed E-state index contributed by atoms with van der Waals surface area (Å²) >= 11 is 0. The number of nitrogen functional groups attached to an aromatic ring is 1. The molecule has 0 radical (unpaired) electrons. The smallest absolute Gasteiger partial charge is 0.131 e. The lowest BCUT2D eigenvalue weighted by molar-refractivity contribution is 1.09. The highest BCUT2D eigenvalue weighted by Crippen LogP contribution is 2.16. The molecule has 0 saturated carbocycles. The number of rotatable bonds is 2. The number of allylic oxidation sites excluding steroid dienone is 1. The van der Waals surface area contributed by atoms with Crippen molar-refractivity contribution < 1.29 is 0 Å². The Morgan fingerprint density at radius 1 is 1.35 bits per heavy atom. The number of aromatic nitrogens is 1. The van der Waals surface area contributed by atoms with Crippen LogP contribution in [-0.4, -0.2) is 4.98 Å². The van der Waals surface area contributed by atoms with Crippen LogP contribution in [0.25, 0.3) is 12.2 Å². The van der Waals surface area contributed by atoms with Crippen LogP contribution >= 0.6 is 0 Å². The molecule has 0 spiro atoms. The van der Waals surface area contributed by atoms with Gasteiger partial charge in [0.05, 0.1) is 0 Å². The highest BCUT2D eigenvalue weighted by molar-refractivity contribution is 5.71. The van der Waals surface area contributed by atoms with Gasteiger partial charge in [0, 0.05) is 11.8 Å². The van der Waals surface area contributed by atoms with E-state index in [0.717, 1.165) is 11.1 Å². The fourth-order valence-electron chi connectivity index (χ4n) is 1.03. The van der Waals surface area contributed by atoms with Gasteiger partial charge >= 0.3 is 0 Å². The van der Waals surface area contributed by atoms with Gasteiger partial charge in [-0.05, 0) is 18.6 Å². The lowest BCUT2D eigenvalue weighted by Crippen LogP contribution is -1.95. The Hall–Kier alpha value is -1.57. The van der Waals surface area contributed by atoms with Gasteiger partial charge in [0.25, 0.3) is 0 Å². The minimum absolute atomic E-state index is 0.547. The van der Waals surface area contributed by atoms with Crippen LogP contribution in [-0.2, 0) is 0 Å². The Morgan fingerprint density at radius 2 is 1.88 bits per heavy atom. The summed E-state index contributed by atoms with van der Waals surface area (Å²) in [6.07, 6.45) is 8.56. The SMILES string of the molecule is C=Cc1ccnc(N)c1/C=C\C.CC.CCC. The number of nitrogens with zero attached hydrogens (tertiary/aromatic N) is 1. The molecule has 17 heavy (non-hydrogen) atoms. The van der Waals surface area contributed by atoms with E-state index in [9.17, 15) is 0 Å². The maximum Gasteiger partial charge on any atom is 0.131 e. The van der Waals surface area contributed by atoms with Gasteiger partial charge in [-0.2, -0.15) is 0 Å². The van der Waals surface area contributed by atoms with Gasteiger partial charge in [0.15, 0.2) is 0 Å². The molecule has 0 aliphatic rings. The Labute approximate surface area is 106 Å². The maximum atomic E-state index is 5.67. The largest absolute Gasteiger partial charge is 0.383 e. The number of pyridine rings is 1. The molecule has 1 heterocycles. The van der Waals surface area contributed by atoms with Gasteiger partial charge in [0.2, 0.25) is 0 Å². The fraction of sp³-hybridized carbons (Fsp3) is 0.400. The van der Waals surface area contributed by atoms with Crippen LogP contribution in [0.2, 0.25) is 0 Å². The van der Waals surface area contributed by atoms with Crippen molar-refractivity contribution in [2.24, 2.45) is 0 Å². The Morgan fingerprint density at radius 3 is 2.29 bits per heavy atom. The van der Waals surface area contributed by atoms with Crippen LogP contribution in [0, 0.1) is 0 Å². The van der Waals surface area contributed by atoms with Crippen LogP contribution in [0.15, 0.2) is 24.9 Å². The maximum absolute atomic E-state index is 5.67. The molecule has 1 aromatic heterocycles. The summed E-state index contributed by atoms with van der Waals surface area (Å²) in [4.78, 5) is 3.99. The van der Waals surface area contributed by atoms with Crippen molar-refractivity contribution >= 4 is 18.0 Å². The summed E-state index contributed by atoms with van der Waals surface area (Å²) in [5, 5.41) is 0. The van der Waals surface area contributed by atoms with Crippen molar-refractivity contribution in [2.75, 3.05) is 5.73 Å². The summed E-state index contributed by atoms with van der Waals surface area (Å²) in [7, 11) is 0. The fourth-order valence-corrected chi connectivity index (χ4v) is 1.03. The summed E-state index contributed by atoms with van der Waals surface area (Å²) in [5.74, 6) is 0.547. The highest BCUT2D eigenvalue weighted by atomic mass is 14.8. The van der Waals surface area contributed by atoms with E-state index in [2.05, 4.69) is 25.4 Å². The first-order valence-corrected chi connectivity index (χ1v) is 6.20. The minimum atomic E-state index is 0.547. The quantitative estimate of drug-likeness (QED) is 0.799. The normalized spacial score (nSPS) is 8.76. The Balaban J connectivity index is 0. The van der Waals surface area contributed by atoms with E-state index < -0.39 is 0 Å². The summed E-state index contributed by atoms with van der Waals surface area (Å²) < 4.78 is 0. The van der Waals surface area contributed by atoms with Gasteiger partial charge in [0.1, 0.15) is 5.82 Å². The monoisotopic (exact) mass is 234 g/mol. The molecule has 0 aliphatic heterocycles. The van der Waals surface area contributed by atoms with Gasteiger partial charge in [-0.15, -0.1) is 0 Å². The van der Waals surface area contributed by atoms with E-state index in [1.165, 1.54) is 6.42 Å². The molecule has 0 fully saturated rings. The molecule has 0 aromatic carbocycles. The van der Waals surface area contributed by atoms with Crippen LogP contribution < -0.4 is 5.73 Å². The number of nitrogens with two attached hydrogens (primary N) is 1. The average Bonchev–Trinajstić information content (AvgIpc) is 2.35. The van der Waals surface area contributed by atoms with Crippen molar-refractivity contribution in [1.29, 1.82) is 0 Å². The first-order chi connectivity index (χ1) is 8.21. The van der Waals surface area contributed by atoms with Crippen molar-refractivity contribution in [1.82, 2.24) is 4.98 Å². The highest BCUT2D eigenvalue weighted by Gasteiger charge is 1.99. The Bertz CT molecular complexity index is 328. The molecule has 0 amide bonds. The first kappa shape index (κ1) is 17.8. The second-order valence-corrected chi connectivity index (χ2v) is 3.11. The van der Waals surface area contributed by atoms with E-state index in [1.807, 2.05) is 39.0 Å². The lowest BCUT2D eigenvalue weighted by Gasteiger charge is -2.02. The predicted octanol–water partition coefficient (Wildman–Crippen LogP) is 4.78. The molecule has 0 aliphatic carbocycles. The zero-order valence-corrected chi connectivity index (χ0v) is 11.8. The topological polar surface area (TPSA) is 38.9 Å². The molecule has 1 aromatic rings. The lowest BCUT2D eigenvalue weighted by atomic mass is 10.1. The molecule has 0 unspecified atom stereocenters. The van der Waals surface area contributed by atoms with E-state index in [4.69, 9.17) is 5.73 Å². The van der Waals surface area contributed by atoms with Gasteiger partial charge < -0.3 is 5.73 Å². The van der Waals surface area contributed by atoms with E-state index in [0.29, 0.717) is 5.82 Å². The molecular weight excluding hydrogens is 208 g/mol. The zero-order chi connectivity index (χ0) is 13.7. The van der Waals surface area contributed by atoms with Crippen LogP contribution in [0.3, 0.4) is 0 Å². The third-order valence-electron chi connectivity index (χ3n) is 1.61. The minimum Gasteiger partial charge on any atom is -0.383 e. The molecular formula is C15H26N2. The zero-order valence-electron chi connectivity index (χ0n) is 11.8. The number of hydrogen-bond acceptors (Lipinski definition) is 2. The summed E-state index contributed by atoms with van der Waals surface area (Å²) in [6, 6.07) is 1.89. The molecule has 1 rings (SSSR count). The second kappa shape index (κ2) is 12.5.